The molecule has 0 radical (unpaired) electrons. The van der Waals surface area contributed by atoms with E-state index in [1.165, 1.54) is 0 Å². The van der Waals surface area contributed by atoms with Gasteiger partial charge in [-0.05, 0) is 31.6 Å². The number of hydrogen-bond acceptors (Lipinski definition) is 3. The Morgan fingerprint density at radius 1 is 1.29 bits per heavy atom. The highest BCUT2D eigenvalue weighted by molar-refractivity contribution is 5.48. The van der Waals surface area contributed by atoms with Crippen LogP contribution in [0.1, 0.15) is 32.1 Å². The fraction of sp³-hybridized carbons (Fsp3) is 0.909. The summed E-state index contributed by atoms with van der Waals surface area (Å²) in [5.41, 5.74) is 0. The summed E-state index contributed by atoms with van der Waals surface area (Å²) in [4.78, 5) is 10.2. The van der Waals surface area contributed by atoms with Gasteiger partial charge in [0.05, 0.1) is 12.2 Å². The molecule has 2 fully saturated rings. The third-order valence-corrected chi connectivity index (χ3v) is 3.66. The zero-order chi connectivity index (χ0) is 9.97. The Morgan fingerprint density at radius 3 is 2.64 bits per heavy atom. The number of hydrogen-bond donors (Lipinski definition) is 1. The van der Waals surface area contributed by atoms with E-state index < -0.39 is 0 Å². The summed E-state index contributed by atoms with van der Waals surface area (Å²) in [5, 5.41) is 9.27. The van der Waals surface area contributed by atoms with Crippen LogP contribution >= 0.6 is 0 Å². The van der Waals surface area contributed by atoms with E-state index >= 15 is 0 Å². The molecule has 14 heavy (non-hydrogen) atoms. The molecule has 0 spiro atoms. The number of carbonyl (C=O) groups excluding carboxylic acids is 1. The zero-order valence-corrected chi connectivity index (χ0v) is 8.39. The van der Waals surface area contributed by atoms with E-state index in [4.69, 9.17) is 4.74 Å². The molecule has 4 atom stereocenters. The van der Waals surface area contributed by atoms with E-state index in [2.05, 4.69) is 0 Å². The van der Waals surface area contributed by atoms with Gasteiger partial charge in [0.15, 0.2) is 0 Å². The van der Waals surface area contributed by atoms with Crippen LogP contribution in [0.2, 0.25) is 0 Å². The monoisotopic (exact) mass is 198 g/mol. The summed E-state index contributed by atoms with van der Waals surface area (Å²) in [6.07, 6.45) is 6.51. The van der Waals surface area contributed by atoms with E-state index in [0.29, 0.717) is 30.5 Å². The van der Waals surface area contributed by atoms with Crippen molar-refractivity contribution < 1.29 is 14.6 Å². The third-order valence-electron chi connectivity index (χ3n) is 3.66. The van der Waals surface area contributed by atoms with Crippen molar-refractivity contribution in [3.8, 4) is 0 Å². The van der Waals surface area contributed by atoms with Crippen LogP contribution in [0.4, 0.5) is 0 Å². The number of aliphatic hydroxyl groups is 1. The molecular weight excluding hydrogens is 180 g/mol. The lowest BCUT2D eigenvalue weighted by atomic mass is 9.77. The van der Waals surface area contributed by atoms with Crippen molar-refractivity contribution in [1.29, 1.82) is 0 Å². The fourth-order valence-corrected chi connectivity index (χ4v) is 2.96. The first kappa shape index (κ1) is 10.1. The maximum atomic E-state index is 10.2. The van der Waals surface area contributed by atoms with E-state index in [-0.39, 0.29) is 6.61 Å². The van der Waals surface area contributed by atoms with Crippen molar-refractivity contribution in [1.82, 2.24) is 0 Å². The molecule has 0 saturated carbocycles. The molecule has 0 aromatic heterocycles. The fourth-order valence-electron chi connectivity index (χ4n) is 2.96. The number of carbonyl (C=O) groups is 1. The van der Waals surface area contributed by atoms with Gasteiger partial charge in [0.2, 0.25) is 0 Å². The first-order valence-electron chi connectivity index (χ1n) is 5.56. The molecule has 2 aliphatic heterocycles. The number of aldehydes is 1. The van der Waals surface area contributed by atoms with Crippen LogP contribution < -0.4 is 0 Å². The molecule has 3 nitrogen and oxygen atoms in total. The second kappa shape index (κ2) is 4.41. The normalized spacial score (nSPS) is 40.4. The number of ether oxygens (including phenoxy) is 1. The molecule has 3 heteroatoms. The number of fused-ring (bicyclic) bond motifs is 2. The van der Waals surface area contributed by atoms with Crippen molar-refractivity contribution in [3.05, 3.63) is 0 Å². The van der Waals surface area contributed by atoms with Gasteiger partial charge in [-0.15, -0.1) is 0 Å². The zero-order valence-electron chi connectivity index (χ0n) is 8.39. The molecule has 0 aromatic carbocycles. The van der Waals surface area contributed by atoms with Gasteiger partial charge in [-0.2, -0.15) is 0 Å². The number of unbranched alkanes of at least 4 members (excludes halogenated alkanes) is 1. The summed E-state index contributed by atoms with van der Waals surface area (Å²) < 4.78 is 5.77. The molecule has 2 aliphatic rings. The Labute approximate surface area is 84.4 Å². The van der Waals surface area contributed by atoms with Crippen LogP contribution in [-0.2, 0) is 9.53 Å². The second-order valence-electron chi connectivity index (χ2n) is 4.40. The molecule has 4 unspecified atom stereocenters. The Kier molecular flexibility index (Phi) is 3.19. The molecule has 2 heterocycles. The standard InChI is InChI=1S/C11H18O3/c12-6-2-1-3-8-9(7-13)11-5-4-10(8)14-11/h6,8-11,13H,1-5,7H2. The highest BCUT2D eigenvalue weighted by Crippen LogP contribution is 2.45. The van der Waals surface area contributed by atoms with Crippen LogP contribution in [0.25, 0.3) is 0 Å². The molecule has 2 saturated heterocycles. The molecule has 0 amide bonds. The van der Waals surface area contributed by atoms with Crippen molar-refractivity contribution >= 4 is 6.29 Å². The molecule has 2 rings (SSSR count). The Morgan fingerprint density at radius 2 is 2.00 bits per heavy atom. The highest BCUT2D eigenvalue weighted by Gasteiger charge is 2.47. The van der Waals surface area contributed by atoms with E-state index in [0.717, 1.165) is 32.0 Å². The highest BCUT2D eigenvalue weighted by atomic mass is 16.5. The Hall–Kier alpha value is -0.410. The van der Waals surface area contributed by atoms with Gasteiger partial charge < -0.3 is 14.6 Å². The summed E-state index contributed by atoms with van der Waals surface area (Å²) >= 11 is 0. The maximum Gasteiger partial charge on any atom is 0.119 e. The van der Waals surface area contributed by atoms with Crippen molar-refractivity contribution in [2.45, 2.75) is 44.3 Å². The molecular formula is C11H18O3. The van der Waals surface area contributed by atoms with Crippen LogP contribution in [0, 0.1) is 11.8 Å². The molecule has 80 valence electrons. The third kappa shape index (κ3) is 1.71. The predicted octanol–water partition coefficient (Wildman–Crippen LogP) is 1.14. The Balaban J connectivity index is 1.86. The van der Waals surface area contributed by atoms with Gasteiger partial charge in [-0.25, -0.2) is 0 Å². The lowest BCUT2D eigenvalue weighted by Gasteiger charge is -2.25. The number of rotatable bonds is 5. The van der Waals surface area contributed by atoms with Crippen LogP contribution in [0.15, 0.2) is 0 Å². The maximum absolute atomic E-state index is 10.2. The van der Waals surface area contributed by atoms with Gasteiger partial charge >= 0.3 is 0 Å². The lowest BCUT2D eigenvalue weighted by Crippen LogP contribution is -2.29. The minimum atomic E-state index is 0.243. The van der Waals surface area contributed by atoms with Gasteiger partial charge in [0, 0.05) is 18.9 Å². The molecule has 2 bridgehead atoms. The topological polar surface area (TPSA) is 46.5 Å². The van der Waals surface area contributed by atoms with Crippen molar-refractivity contribution in [2.24, 2.45) is 11.8 Å². The van der Waals surface area contributed by atoms with E-state index in [1.807, 2.05) is 0 Å². The van der Waals surface area contributed by atoms with Crippen LogP contribution in [0.3, 0.4) is 0 Å². The van der Waals surface area contributed by atoms with Crippen molar-refractivity contribution in [3.63, 3.8) is 0 Å². The minimum absolute atomic E-state index is 0.243. The summed E-state index contributed by atoms with van der Waals surface area (Å²) in [6.45, 7) is 0.243. The summed E-state index contributed by atoms with van der Waals surface area (Å²) in [6, 6.07) is 0. The van der Waals surface area contributed by atoms with Crippen molar-refractivity contribution in [2.75, 3.05) is 6.61 Å². The SMILES string of the molecule is O=CCCCC1C2CCC(O2)C1CO. The minimum Gasteiger partial charge on any atom is -0.396 e. The average Bonchev–Trinajstić information content (AvgIpc) is 2.78. The Bertz CT molecular complexity index is 205. The summed E-state index contributed by atoms with van der Waals surface area (Å²) in [5.74, 6) is 0.833. The van der Waals surface area contributed by atoms with Gasteiger partial charge in [-0.1, -0.05) is 0 Å². The summed E-state index contributed by atoms with van der Waals surface area (Å²) in [7, 11) is 0. The lowest BCUT2D eigenvalue weighted by molar-refractivity contribution is -0.108. The molecule has 1 N–H and O–H groups in total. The van der Waals surface area contributed by atoms with Crippen LogP contribution in [-0.4, -0.2) is 30.2 Å². The van der Waals surface area contributed by atoms with E-state index in [1.54, 1.807) is 0 Å². The smallest absolute Gasteiger partial charge is 0.119 e. The second-order valence-corrected chi connectivity index (χ2v) is 4.40. The van der Waals surface area contributed by atoms with E-state index in [9.17, 15) is 9.90 Å². The molecule has 0 aromatic rings. The number of aliphatic hydroxyl groups excluding tert-OH is 1. The van der Waals surface area contributed by atoms with Gasteiger partial charge in [0.1, 0.15) is 6.29 Å². The quantitative estimate of drug-likeness (QED) is 0.532. The van der Waals surface area contributed by atoms with Gasteiger partial charge in [0.25, 0.3) is 0 Å². The van der Waals surface area contributed by atoms with Crippen LogP contribution in [0.5, 0.6) is 0 Å². The average molecular weight is 198 g/mol. The largest absolute Gasteiger partial charge is 0.396 e. The molecule has 0 aliphatic carbocycles. The first-order valence-corrected chi connectivity index (χ1v) is 5.56. The van der Waals surface area contributed by atoms with Gasteiger partial charge in [-0.3, -0.25) is 0 Å². The first-order chi connectivity index (χ1) is 6.86. The predicted molar refractivity (Wildman–Crippen MR) is 51.9 cm³/mol.